The smallest absolute Gasteiger partial charge is 0.332 e. The summed E-state index contributed by atoms with van der Waals surface area (Å²) >= 11 is 1.57. The maximum absolute atomic E-state index is 12.8. The molecule has 4 aromatic rings. The number of carbonyl (C=O) groups excluding carboxylic acids is 2. The minimum atomic E-state index is -4.23. The highest BCUT2D eigenvalue weighted by molar-refractivity contribution is 7.10. The molecule has 0 atom stereocenters. The van der Waals surface area contributed by atoms with E-state index in [1.54, 1.807) is 24.5 Å². The summed E-state index contributed by atoms with van der Waals surface area (Å²) in [5, 5.41) is 1.91. The first kappa shape index (κ1) is 33.7. The van der Waals surface area contributed by atoms with Crippen LogP contribution in [0.3, 0.4) is 0 Å². The van der Waals surface area contributed by atoms with E-state index < -0.39 is 11.7 Å². The average Bonchev–Trinajstić information content (AvgIpc) is 3.63. The second kappa shape index (κ2) is 15.5. The van der Waals surface area contributed by atoms with Crippen molar-refractivity contribution in [2.75, 3.05) is 6.54 Å². The summed E-state index contributed by atoms with van der Waals surface area (Å²) < 4.78 is 39.1. The Morgan fingerprint density at radius 3 is 2.20 bits per heavy atom. The lowest BCUT2D eigenvalue weighted by molar-refractivity contribution is -0.137. The maximum Gasteiger partial charge on any atom is 0.416 e. The monoisotopic (exact) mass is 587 g/mol. The number of imidazole rings is 1. The standard InChI is InChI=1S/C17H15N3O2S.C11H13F3.2C2H6/c1-11(21)13-10-23-15-9-19(7-5-12(13)15)17(22)14-8-18-16-4-2-3-6-20(14)16;1-3-8-5-9(4-2)7-10(6-8)11(12,13)14;2*1-2/h2-4,6,8,10H,5,7,9H2,1H3;5-7H,3-4H2,1-2H3;2*1-2H3. The van der Waals surface area contributed by atoms with Gasteiger partial charge in [-0.05, 0) is 67.1 Å². The van der Waals surface area contributed by atoms with Gasteiger partial charge >= 0.3 is 6.18 Å². The van der Waals surface area contributed by atoms with Crippen molar-refractivity contribution in [1.82, 2.24) is 14.3 Å². The van der Waals surface area contributed by atoms with Crippen LogP contribution in [0.5, 0.6) is 0 Å². The number of thiophene rings is 1. The zero-order chi connectivity index (χ0) is 30.7. The van der Waals surface area contributed by atoms with E-state index in [-0.39, 0.29) is 11.7 Å². The molecular weight excluding hydrogens is 547 g/mol. The van der Waals surface area contributed by atoms with Gasteiger partial charge in [0.2, 0.25) is 0 Å². The number of hydrogen-bond acceptors (Lipinski definition) is 4. The molecule has 1 amide bonds. The number of carbonyl (C=O) groups is 2. The molecule has 4 heterocycles. The predicted octanol–water partition coefficient (Wildman–Crippen LogP) is 8.68. The number of halogens is 3. The number of ketones is 1. The number of fused-ring (bicyclic) bond motifs is 2. The Morgan fingerprint density at radius 2 is 1.63 bits per heavy atom. The van der Waals surface area contributed by atoms with Crippen LogP contribution in [0.1, 0.15) is 96.4 Å². The van der Waals surface area contributed by atoms with Crippen LogP contribution in [0, 0.1) is 0 Å². The molecule has 0 spiro atoms. The fraction of sp³-hybridized carbons (Fsp3) is 0.406. The van der Waals surface area contributed by atoms with E-state index in [4.69, 9.17) is 0 Å². The molecule has 1 aromatic carbocycles. The number of nitrogens with zero attached hydrogens (tertiary/aromatic N) is 3. The normalized spacial score (nSPS) is 12.2. The number of rotatable bonds is 4. The van der Waals surface area contributed by atoms with Gasteiger partial charge in [-0.1, -0.05) is 53.7 Å². The average molecular weight is 588 g/mol. The lowest BCUT2D eigenvalue weighted by Crippen LogP contribution is -2.36. The van der Waals surface area contributed by atoms with E-state index in [0.29, 0.717) is 31.6 Å². The predicted molar refractivity (Wildman–Crippen MR) is 161 cm³/mol. The molecule has 0 unspecified atom stereocenters. The van der Waals surface area contributed by atoms with E-state index in [9.17, 15) is 22.8 Å². The van der Waals surface area contributed by atoms with E-state index in [1.165, 1.54) is 12.1 Å². The molecule has 0 saturated carbocycles. The third kappa shape index (κ3) is 8.28. The molecule has 0 saturated heterocycles. The fourth-order valence-electron chi connectivity index (χ4n) is 4.38. The van der Waals surface area contributed by atoms with E-state index in [0.717, 1.165) is 39.2 Å². The Balaban J connectivity index is 0.000000282. The quantitative estimate of drug-likeness (QED) is 0.225. The van der Waals surface area contributed by atoms with Gasteiger partial charge in [-0.25, -0.2) is 4.98 Å². The Labute approximate surface area is 245 Å². The zero-order valence-electron chi connectivity index (χ0n) is 24.9. The first-order valence-corrected chi connectivity index (χ1v) is 15.0. The van der Waals surface area contributed by atoms with E-state index in [2.05, 4.69) is 4.98 Å². The highest BCUT2D eigenvalue weighted by Crippen LogP contribution is 2.31. The van der Waals surface area contributed by atoms with Crippen LogP contribution in [0.25, 0.3) is 5.65 Å². The third-order valence-corrected chi connectivity index (χ3v) is 7.46. The van der Waals surface area contributed by atoms with E-state index in [1.807, 2.05) is 86.7 Å². The summed E-state index contributed by atoms with van der Waals surface area (Å²) in [7, 11) is 0. The van der Waals surface area contributed by atoms with Crippen molar-refractivity contribution in [2.24, 2.45) is 0 Å². The molecule has 3 aromatic heterocycles. The number of Topliss-reactive ketones (excluding diaryl/α,β-unsaturated/α-hetero) is 1. The molecule has 5 nitrogen and oxygen atoms in total. The summed E-state index contributed by atoms with van der Waals surface area (Å²) in [5.74, 6) is 0.0798. The van der Waals surface area contributed by atoms with Crippen molar-refractivity contribution < 1.29 is 22.8 Å². The van der Waals surface area contributed by atoms with Gasteiger partial charge in [0.25, 0.3) is 5.91 Å². The Bertz CT molecular complexity index is 1420. The zero-order valence-corrected chi connectivity index (χ0v) is 25.7. The van der Waals surface area contributed by atoms with Gasteiger partial charge in [-0.2, -0.15) is 13.2 Å². The summed E-state index contributed by atoms with van der Waals surface area (Å²) in [6.07, 6.45) is 1.26. The van der Waals surface area contributed by atoms with Crippen molar-refractivity contribution in [3.8, 4) is 0 Å². The molecule has 1 aliphatic rings. The summed E-state index contributed by atoms with van der Waals surface area (Å²) in [6, 6.07) is 9.94. The highest BCUT2D eigenvalue weighted by Gasteiger charge is 2.31. The molecule has 5 rings (SSSR count). The van der Waals surface area contributed by atoms with Gasteiger partial charge in [0.05, 0.1) is 18.3 Å². The van der Waals surface area contributed by atoms with Crippen LogP contribution < -0.4 is 0 Å². The highest BCUT2D eigenvalue weighted by atomic mass is 32.1. The Hall–Kier alpha value is -3.46. The maximum atomic E-state index is 12.8. The van der Waals surface area contributed by atoms with Gasteiger partial charge in [-0.15, -0.1) is 11.3 Å². The summed E-state index contributed by atoms with van der Waals surface area (Å²) in [4.78, 5) is 31.7. The number of pyridine rings is 1. The largest absolute Gasteiger partial charge is 0.416 e. The van der Waals surface area contributed by atoms with E-state index >= 15 is 0 Å². The first-order valence-electron chi connectivity index (χ1n) is 14.1. The molecule has 9 heteroatoms. The van der Waals surface area contributed by atoms with Crippen molar-refractivity contribution in [3.05, 3.63) is 92.6 Å². The minimum Gasteiger partial charge on any atom is -0.332 e. The number of hydrogen-bond donors (Lipinski definition) is 0. The van der Waals surface area contributed by atoms with Crippen molar-refractivity contribution in [3.63, 3.8) is 0 Å². The van der Waals surface area contributed by atoms with Gasteiger partial charge in [0, 0.05) is 28.6 Å². The third-order valence-electron chi connectivity index (χ3n) is 6.45. The molecule has 0 bridgehead atoms. The first-order chi connectivity index (χ1) is 19.6. The van der Waals surface area contributed by atoms with Crippen molar-refractivity contribution in [2.45, 2.75) is 80.4 Å². The van der Waals surface area contributed by atoms with Crippen molar-refractivity contribution >= 4 is 28.7 Å². The lowest BCUT2D eigenvalue weighted by atomic mass is 10.0. The topological polar surface area (TPSA) is 54.7 Å². The SMILES string of the molecule is CC.CC.CC(=O)c1csc2c1CCN(C(=O)c1cnc3ccccn13)C2.CCc1cc(CC)cc(C(F)(F)F)c1. The number of amides is 1. The fourth-order valence-corrected chi connectivity index (χ4v) is 5.54. The van der Waals surface area contributed by atoms with Crippen LogP contribution in [0.15, 0.2) is 54.2 Å². The van der Waals surface area contributed by atoms with Crippen LogP contribution in [0.4, 0.5) is 13.2 Å². The van der Waals surface area contributed by atoms with Gasteiger partial charge in [0.1, 0.15) is 11.3 Å². The second-order valence-electron chi connectivity index (χ2n) is 8.90. The molecule has 0 fully saturated rings. The molecule has 0 N–H and O–H groups in total. The van der Waals surface area contributed by atoms with Gasteiger partial charge in [0.15, 0.2) is 5.78 Å². The van der Waals surface area contributed by atoms with Crippen LogP contribution in [-0.2, 0) is 32.0 Å². The number of aromatic nitrogens is 2. The van der Waals surface area contributed by atoms with Crippen LogP contribution in [-0.4, -0.2) is 32.5 Å². The summed E-state index contributed by atoms with van der Waals surface area (Å²) in [5.41, 5.74) is 4.23. The molecule has 0 aliphatic carbocycles. The van der Waals surface area contributed by atoms with Crippen LogP contribution in [0.2, 0.25) is 0 Å². The Kier molecular flexibility index (Phi) is 12.8. The second-order valence-corrected chi connectivity index (χ2v) is 9.86. The number of aryl methyl sites for hydroxylation is 2. The van der Waals surface area contributed by atoms with Crippen LogP contribution >= 0.6 is 11.3 Å². The molecule has 41 heavy (non-hydrogen) atoms. The van der Waals surface area contributed by atoms with Gasteiger partial charge in [-0.3, -0.25) is 14.0 Å². The molecule has 1 aliphatic heterocycles. The molecule has 222 valence electrons. The van der Waals surface area contributed by atoms with Gasteiger partial charge < -0.3 is 4.90 Å². The van der Waals surface area contributed by atoms with Crippen molar-refractivity contribution in [1.29, 1.82) is 0 Å². The molecular formula is C32H40F3N3O2S. The lowest BCUT2D eigenvalue weighted by Gasteiger charge is -2.27. The Morgan fingerprint density at radius 1 is 1.00 bits per heavy atom. The number of benzene rings is 1. The summed E-state index contributed by atoms with van der Waals surface area (Å²) in [6.45, 7) is 14.5. The minimum absolute atomic E-state index is 0.0212. The molecule has 0 radical (unpaired) electrons. The number of alkyl halides is 3.